The lowest BCUT2D eigenvalue weighted by molar-refractivity contribution is -0.135. The van der Waals surface area contributed by atoms with Gasteiger partial charge in [0.25, 0.3) is 0 Å². The molecule has 2 heterocycles. The van der Waals surface area contributed by atoms with E-state index in [9.17, 15) is 4.79 Å². The minimum absolute atomic E-state index is 0. The molecule has 1 aliphatic carbocycles. The second-order valence-corrected chi connectivity index (χ2v) is 7.72. The third-order valence-electron chi connectivity index (χ3n) is 5.73. The maximum Gasteiger partial charge on any atom is 0.239 e. The number of hydrogen-bond donors (Lipinski definition) is 1. The lowest BCUT2D eigenvalue weighted by atomic mass is 10.2. The van der Waals surface area contributed by atoms with Crippen molar-refractivity contribution in [1.29, 1.82) is 0 Å². The first kappa shape index (κ1) is 22.7. The molecule has 2 saturated heterocycles. The lowest BCUT2D eigenvalue weighted by Gasteiger charge is -2.39. The highest BCUT2D eigenvalue weighted by atomic mass is 127. The smallest absolute Gasteiger partial charge is 0.239 e. The standard InChI is InChI=1S/C19H35N5O2.HI/c1-16(18(25)23-8-3-4-9-23)22-10-12-24(13-11-22)19(20-2)21-7-14-26-15-17-5-6-17;/h16-17H,3-15H2,1-2H3,(H,20,21);1H. The molecule has 1 unspecified atom stereocenters. The molecule has 3 fully saturated rings. The number of piperazine rings is 1. The zero-order valence-electron chi connectivity index (χ0n) is 16.9. The molecule has 0 bridgehead atoms. The minimum atomic E-state index is -0.0129. The van der Waals surface area contributed by atoms with Gasteiger partial charge in [0, 0.05) is 59.5 Å². The Kier molecular flexibility index (Phi) is 9.58. The number of ether oxygens (including phenoxy) is 1. The molecule has 2 aliphatic heterocycles. The van der Waals surface area contributed by atoms with Gasteiger partial charge in [-0.25, -0.2) is 0 Å². The van der Waals surface area contributed by atoms with E-state index in [0.29, 0.717) is 5.91 Å². The van der Waals surface area contributed by atoms with Gasteiger partial charge in [0.2, 0.25) is 5.91 Å². The third kappa shape index (κ3) is 6.74. The SMILES string of the molecule is CN=C(NCCOCC1CC1)N1CCN(C(C)C(=O)N2CCCC2)CC1.I. The van der Waals surface area contributed by atoms with Gasteiger partial charge in [-0.05, 0) is 38.5 Å². The first-order valence-corrected chi connectivity index (χ1v) is 10.2. The predicted octanol–water partition coefficient (Wildman–Crippen LogP) is 1.23. The van der Waals surface area contributed by atoms with E-state index in [0.717, 1.165) is 83.7 Å². The molecular formula is C19H36IN5O2. The molecule has 8 heteroatoms. The summed E-state index contributed by atoms with van der Waals surface area (Å²) in [5, 5.41) is 3.40. The Labute approximate surface area is 180 Å². The molecule has 0 spiro atoms. The van der Waals surface area contributed by atoms with Crippen molar-refractivity contribution in [3.63, 3.8) is 0 Å². The van der Waals surface area contributed by atoms with Crippen LogP contribution in [0.15, 0.2) is 4.99 Å². The van der Waals surface area contributed by atoms with E-state index in [4.69, 9.17) is 4.74 Å². The van der Waals surface area contributed by atoms with E-state index in [1.54, 1.807) is 0 Å². The monoisotopic (exact) mass is 493 g/mol. The largest absolute Gasteiger partial charge is 0.379 e. The lowest BCUT2D eigenvalue weighted by Crippen LogP contribution is -2.57. The summed E-state index contributed by atoms with van der Waals surface area (Å²) in [5.41, 5.74) is 0. The molecule has 0 aromatic carbocycles. The summed E-state index contributed by atoms with van der Waals surface area (Å²) in [4.78, 5) is 23.6. The normalized spacial score (nSPS) is 22.5. The number of hydrogen-bond acceptors (Lipinski definition) is 4. The molecule has 1 amide bonds. The highest BCUT2D eigenvalue weighted by Gasteiger charge is 2.30. The van der Waals surface area contributed by atoms with Crippen molar-refractivity contribution in [2.45, 2.75) is 38.6 Å². The van der Waals surface area contributed by atoms with Crippen molar-refractivity contribution in [2.24, 2.45) is 10.9 Å². The molecule has 7 nitrogen and oxygen atoms in total. The molecule has 156 valence electrons. The summed E-state index contributed by atoms with van der Waals surface area (Å²) in [5.74, 6) is 2.05. The summed E-state index contributed by atoms with van der Waals surface area (Å²) >= 11 is 0. The van der Waals surface area contributed by atoms with E-state index < -0.39 is 0 Å². The van der Waals surface area contributed by atoms with Crippen LogP contribution >= 0.6 is 24.0 Å². The van der Waals surface area contributed by atoms with Gasteiger partial charge in [-0.2, -0.15) is 0 Å². The van der Waals surface area contributed by atoms with Crippen LogP contribution in [0.25, 0.3) is 0 Å². The molecule has 3 rings (SSSR count). The number of likely N-dealkylation sites (tertiary alicyclic amines) is 1. The van der Waals surface area contributed by atoms with Gasteiger partial charge < -0.3 is 19.9 Å². The number of aliphatic imine (C=N–C) groups is 1. The maximum absolute atomic E-state index is 12.6. The van der Waals surface area contributed by atoms with E-state index >= 15 is 0 Å². The number of carbonyl (C=O) groups is 1. The topological polar surface area (TPSA) is 60.4 Å². The fraction of sp³-hybridized carbons (Fsp3) is 0.895. The molecule has 27 heavy (non-hydrogen) atoms. The van der Waals surface area contributed by atoms with Crippen LogP contribution in [0.5, 0.6) is 0 Å². The summed E-state index contributed by atoms with van der Waals surface area (Å²) in [6.07, 6.45) is 4.97. The van der Waals surface area contributed by atoms with E-state index in [1.807, 2.05) is 11.9 Å². The van der Waals surface area contributed by atoms with Crippen molar-refractivity contribution < 1.29 is 9.53 Å². The van der Waals surface area contributed by atoms with Crippen LogP contribution in [-0.2, 0) is 9.53 Å². The van der Waals surface area contributed by atoms with Crippen LogP contribution in [0.1, 0.15) is 32.6 Å². The summed E-state index contributed by atoms with van der Waals surface area (Å²) < 4.78 is 5.68. The number of guanidine groups is 1. The third-order valence-corrected chi connectivity index (χ3v) is 5.73. The van der Waals surface area contributed by atoms with Gasteiger partial charge >= 0.3 is 0 Å². The first-order valence-electron chi connectivity index (χ1n) is 10.2. The summed E-state index contributed by atoms with van der Waals surface area (Å²) in [6.45, 7) is 9.97. The number of nitrogens with one attached hydrogen (secondary N) is 1. The molecule has 1 saturated carbocycles. The summed E-state index contributed by atoms with van der Waals surface area (Å²) in [7, 11) is 1.83. The van der Waals surface area contributed by atoms with Gasteiger partial charge in [0.15, 0.2) is 5.96 Å². The quantitative estimate of drug-likeness (QED) is 0.250. The van der Waals surface area contributed by atoms with E-state index in [-0.39, 0.29) is 30.0 Å². The Morgan fingerprint density at radius 1 is 1.11 bits per heavy atom. The minimum Gasteiger partial charge on any atom is -0.379 e. The Morgan fingerprint density at radius 2 is 1.78 bits per heavy atom. The first-order chi connectivity index (χ1) is 12.7. The van der Waals surface area contributed by atoms with Crippen molar-refractivity contribution in [2.75, 3.05) is 66.1 Å². The van der Waals surface area contributed by atoms with Gasteiger partial charge in [-0.15, -0.1) is 24.0 Å². The van der Waals surface area contributed by atoms with Crippen LogP contribution < -0.4 is 5.32 Å². The van der Waals surface area contributed by atoms with Crippen molar-refractivity contribution >= 4 is 35.8 Å². The van der Waals surface area contributed by atoms with Gasteiger partial charge in [0.05, 0.1) is 12.6 Å². The van der Waals surface area contributed by atoms with Crippen LogP contribution in [0.4, 0.5) is 0 Å². The fourth-order valence-corrected chi connectivity index (χ4v) is 3.78. The molecule has 0 radical (unpaired) electrons. The van der Waals surface area contributed by atoms with Crippen molar-refractivity contribution in [3.8, 4) is 0 Å². The van der Waals surface area contributed by atoms with Gasteiger partial charge in [-0.1, -0.05) is 0 Å². The number of amides is 1. The van der Waals surface area contributed by atoms with E-state index in [2.05, 4.69) is 27.0 Å². The average molecular weight is 493 g/mol. The Hall–Kier alpha value is -0.610. The molecule has 1 N–H and O–H groups in total. The van der Waals surface area contributed by atoms with Crippen LogP contribution in [0, 0.1) is 5.92 Å². The van der Waals surface area contributed by atoms with Crippen molar-refractivity contribution in [3.05, 3.63) is 0 Å². The predicted molar refractivity (Wildman–Crippen MR) is 119 cm³/mol. The molecule has 3 aliphatic rings. The Morgan fingerprint density at radius 3 is 2.37 bits per heavy atom. The number of halogens is 1. The molecule has 0 aromatic rings. The van der Waals surface area contributed by atoms with Crippen molar-refractivity contribution in [1.82, 2.24) is 20.0 Å². The fourth-order valence-electron chi connectivity index (χ4n) is 3.78. The van der Waals surface area contributed by atoms with Crippen LogP contribution in [0.2, 0.25) is 0 Å². The number of rotatable bonds is 7. The molecule has 1 atom stereocenters. The number of nitrogens with zero attached hydrogens (tertiary/aromatic N) is 4. The highest BCUT2D eigenvalue weighted by Crippen LogP contribution is 2.28. The molecular weight excluding hydrogens is 457 g/mol. The zero-order chi connectivity index (χ0) is 18.4. The van der Waals surface area contributed by atoms with Crippen LogP contribution in [-0.4, -0.2) is 98.7 Å². The molecule has 0 aromatic heterocycles. The Bertz CT molecular complexity index is 486. The second kappa shape index (κ2) is 11.4. The average Bonchev–Trinajstić information content (AvgIpc) is 3.34. The van der Waals surface area contributed by atoms with Crippen LogP contribution in [0.3, 0.4) is 0 Å². The van der Waals surface area contributed by atoms with Gasteiger partial charge in [0.1, 0.15) is 0 Å². The Balaban J connectivity index is 0.00000261. The van der Waals surface area contributed by atoms with E-state index in [1.165, 1.54) is 12.8 Å². The summed E-state index contributed by atoms with van der Waals surface area (Å²) in [6, 6.07) is -0.0129. The second-order valence-electron chi connectivity index (χ2n) is 7.72. The number of carbonyl (C=O) groups excluding carboxylic acids is 1. The highest BCUT2D eigenvalue weighted by molar-refractivity contribution is 14.0. The van der Waals surface area contributed by atoms with Gasteiger partial charge in [-0.3, -0.25) is 14.7 Å². The zero-order valence-corrected chi connectivity index (χ0v) is 19.2. The maximum atomic E-state index is 12.6.